The number of aryl methyl sites for hydroxylation is 2. The third-order valence-corrected chi connectivity index (χ3v) is 3.65. The van der Waals surface area contributed by atoms with Crippen LogP contribution in [0.5, 0.6) is 0 Å². The minimum atomic E-state index is 0.368. The third kappa shape index (κ3) is 4.36. The summed E-state index contributed by atoms with van der Waals surface area (Å²) in [5, 5.41) is 8.62. The van der Waals surface area contributed by atoms with E-state index in [2.05, 4.69) is 35.7 Å². The van der Waals surface area contributed by atoms with Crippen LogP contribution in [-0.4, -0.2) is 16.3 Å². The summed E-state index contributed by atoms with van der Waals surface area (Å²) in [6.45, 7) is 3.22. The fraction of sp³-hybridized carbons (Fsp3) is 0.438. The molecule has 20 heavy (non-hydrogen) atoms. The molecular formula is C16H22ClN3. The molecule has 0 amide bonds. The van der Waals surface area contributed by atoms with Gasteiger partial charge in [0.05, 0.1) is 6.20 Å². The molecule has 0 fully saturated rings. The molecule has 0 aliphatic carbocycles. The molecule has 0 bridgehead atoms. The van der Waals surface area contributed by atoms with Gasteiger partial charge in [0.15, 0.2) is 0 Å². The molecule has 2 aromatic rings. The number of rotatable bonds is 7. The lowest BCUT2D eigenvalue weighted by Crippen LogP contribution is -2.22. The van der Waals surface area contributed by atoms with Gasteiger partial charge in [-0.05, 0) is 49.1 Å². The first-order chi connectivity index (χ1) is 9.69. The first-order valence-electron chi connectivity index (χ1n) is 7.15. The lowest BCUT2D eigenvalue weighted by molar-refractivity contribution is 0.499. The molecule has 1 unspecified atom stereocenters. The molecule has 1 aromatic carbocycles. The van der Waals surface area contributed by atoms with Crippen LogP contribution in [-0.2, 0) is 13.5 Å². The van der Waals surface area contributed by atoms with Crippen LogP contribution < -0.4 is 5.32 Å². The van der Waals surface area contributed by atoms with Crippen LogP contribution in [0.1, 0.15) is 36.9 Å². The molecule has 0 spiro atoms. The van der Waals surface area contributed by atoms with E-state index < -0.39 is 0 Å². The van der Waals surface area contributed by atoms with Crippen molar-refractivity contribution < 1.29 is 0 Å². The second-order valence-electron chi connectivity index (χ2n) is 5.12. The summed E-state index contributed by atoms with van der Waals surface area (Å²) in [6.07, 6.45) is 7.25. The van der Waals surface area contributed by atoms with Crippen molar-refractivity contribution in [2.24, 2.45) is 7.05 Å². The topological polar surface area (TPSA) is 29.9 Å². The standard InChI is InChI=1S/C16H22ClN3/c1-3-10-18-16(14-5-7-15(17)8-6-14)9-4-13-11-19-20(2)12-13/h5-8,11-12,16,18H,3-4,9-10H2,1-2H3. The van der Waals surface area contributed by atoms with Crippen molar-refractivity contribution in [2.75, 3.05) is 6.54 Å². The quantitative estimate of drug-likeness (QED) is 0.842. The van der Waals surface area contributed by atoms with Crippen molar-refractivity contribution in [3.05, 3.63) is 52.8 Å². The molecule has 0 aliphatic rings. The predicted molar refractivity (Wildman–Crippen MR) is 84.0 cm³/mol. The van der Waals surface area contributed by atoms with Gasteiger partial charge in [-0.25, -0.2) is 0 Å². The van der Waals surface area contributed by atoms with E-state index in [1.165, 1.54) is 11.1 Å². The maximum absolute atomic E-state index is 5.96. The van der Waals surface area contributed by atoms with Crippen LogP contribution in [0, 0.1) is 0 Å². The number of halogens is 1. The maximum Gasteiger partial charge on any atom is 0.0521 e. The molecule has 1 atom stereocenters. The summed E-state index contributed by atoms with van der Waals surface area (Å²) in [5.41, 5.74) is 2.58. The first kappa shape index (κ1) is 15.1. The van der Waals surface area contributed by atoms with E-state index in [9.17, 15) is 0 Å². The van der Waals surface area contributed by atoms with E-state index in [1.54, 1.807) is 0 Å². The van der Waals surface area contributed by atoms with Gasteiger partial charge >= 0.3 is 0 Å². The number of benzene rings is 1. The van der Waals surface area contributed by atoms with Crippen LogP contribution in [0.25, 0.3) is 0 Å². The van der Waals surface area contributed by atoms with Crippen molar-refractivity contribution in [3.63, 3.8) is 0 Å². The Labute approximate surface area is 126 Å². The van der Waals surface area contributed by atoms with E-state index in [4.69, 9.17) is 11.6 Å². The van der Waals surface area contributed by atoms with Gasteiger partial charge in [0.25, 0.3) is 0 Å². The van der Waals surface area contributed by atoms with Gasteiger partial charge in [-0.2, -0.15) is 5.10 Å². The zero-order valence-electron chi connectivity index (χ0n) is 12.1. The average Bonchev–Trinajstić information content (AvgIpc) is 2.86. The van der Waals surface area contributed by atoms with Crippen molar-refractivity contribution in [1.82, 2.24) is 15.1 Å². The molecular weight excluding hydrogens is 270 g/mol. The lowest BCUT2D eigenvalue weighted by Gasteiger charge is -2.19. The second kappa shape index (κ2) is 7.46. The fourth-order valence-electron chi connectivity index (χ4n) is 2.31. The monoisotopic (exact) mass is 291 g/mol. The molecule has 3 nitrogen and oxygen atoms in total. The highest BCUT2D eigenvalue weighted by Gasteiger charge is 2.11. The summed E-state index contributed by atoms with van der Waals surface area (Å²) in [4.78, 5) is 0. The van der Waals surface area contributed by atoms with E-state index in [0.29, 0.717) is 6.04 Å². The molecule has 4 heteroatoms. The van der Waals surface area contributed by atoms with Gasteiger partial charge < -0.3 is 5.32 Å². The van der Waals surface area contributed by atoms with Crippen LogP contribution in [0.15, 0.2) is 36.7 Å². The SMILES string of the molecule is CCCNC(CCc1cnn(C)c1)c1ccc(Cl)cc1. The van der Waals surface area contributed by atoms with E-state index >= 15 is 0 Å². The Morgan fingerprint density at radius 3 is 2.65 bits per heavy atom. The number of nitrogens with one attached hydrogen (secondary N) is 1. The molecule has 0 saturated heterocycles. The Morgan fingerprint density at radius 1 is 1.30 bits per heavy atom. The van der Waals surface area contributed by atoms with Gasteiger partial charge in [0, 0.05) is 24.3 Å². The smallest absolute Gasteiger partial charge is 0.0521 e. The van der Waals surface area contributed by atoms with Gasteiger partial charge in [-0.3, -0.25) is 4.68 Å². The van der Waals surface area contributed by atoms with Crippen LogP contribution in [0.2, 0.25) is 5.02 Å². The normalized spacial score (nSPS) is 12.6. The van der Waals surface area contributed by atoms with E-state index in [0.717, 1.165) is 30.8 Å². The lowest BCUT2D eigenvalue weighted by atomic mass is 10.00. The van der Waals surface area contributed by atoms with Gasteiger partial charge in [-0.15, -0.1) is 0 Å². The summed E-state index contributed by atoms with van der Waals surface area (Å²) < 4.78 is 1.85. The minimum absolute atomic E-state index is 0.368. The average molecular weight is 292 g/mol. The van der Waals surface area contributed by atoms with Crippen molar-refractivity contribution in [3.8, 4) is 0 Å². The largest absolute Gasteiger partial charge is 0.310 e. The molecule has 1 heterocycles. The Kier molecular flexibility index (Phi) is 5.62. The summed E-state index contributed by atoms with van der Waals surface area (Å²) in [6, 6.07) is 8.51. The van der Waals surface area contributed by atoms with Gasteiger partial charge in [0.2, 0.25) is 0 Å². The number of hydrogen-bond acceptors (Lipinski definition) is 2. The number of aromatic nitrogens is 2. The molecule has 1 aromatic heterocycles. The Hall–Kier alpha value is -1.32. The summed E-state index contributed by atoms with van der Waals surface area (Å²) in [5.74, 6) is 0. The zero-order valence-corrected chi connectivity index (χ0v) is 12.9. The van der Waals surface area contributed by atoms with Crippen molar-refractivity contribution in [2.45, 2.75) is 32.2 Å². The van der Waals surface area contributed by atoms with Crippen LogP contribution >= 0.6 is 11.6 Å². The molecule has 2 rings (SSSR count). The Balaban J connectivity index is 2.01. The van der Waals surface area contributed by atoms with Crippen LogP contribution in [0.3, 0.4) is 0 Å². The van der Waals surface area contributed by atoms with Crippen molar-refractivity contribution >= 4 is 11.6 Å². The summed E-state index contributed by atoms with van der Waals surface area (Å²) in [7, 11) is 1.95. The highest BCUT2D eigenvalue weighted by molar-refractivity contribution is 6.30. The summed E-state index contributed by atoms with van der Waals surface area (Å²) >= 11 is 5.96. The van der Waals surface area contributed by atoms with Crippen LogP contribution in [0.4, 0.5) is 0 Å². The number of hydrogen-bond donors (Lipinski definition) is 1. The maximum atomic E-state index is 5.96. The predicted octanol–water partition coefficient (Wildman–Crippen LogP) is 3.75. The Morgan fingerprint density at radius 2 is 2.05 bits per heavy atom. The minimum Gasteiger partial charge on any atom is -0.310 e. The van der Waals surface area contributed by atoms with Crippen molar-refractivity contribution in [1.29, 1.82) is 0 Å². The molecule has 1 N–H and O–H groups in total. The second-order valence-corrected chi connectivity index (χ2v) is 5.56. The molecule has 0 radical (unpaired) electrons. The number of nitrogens with zero attached hydrogens (tertiary/aromatic N) is 2. The zero-order chi connectivity index (χ0) is 14.4. The molecule has 0 aliphatic heterocycles. The fourth-order valence-corrected chi connectivity index (χ4v) is 2.44. The first-order valence-corrected chi connectivity index (χ1v) is 7.53. The van der Waals surface area contributed by atoms with Gasteiger partial charge in [-0.1, -0.05) is 30.7 Å². The molecule has 0 saturated carbocycles. The Bertz CT molecular complexity index is 519. The highest BCUT2D eigenvalue weighted by Crippen LogP contribution is 2.21. The van der Waals surface area contributed by atoms with Gasteiger partial charge in [0.1, 0.15) is 0 Å². The highest BCUT2D eigenvalue weighted by atomic mass is 35.5. The van der Waals surface area contributed by atoms with E-state index in [1.807, 2.05) is 30.1 Å². The van der Waals surface area contributed by atoms with E-state index in [-0.39, 0.29) is 0 Å². The molecule has 108 valence electrons. The third-order valence-electron chi connectivity index (χ3n) is 3.39.